The van der Waals surface area contributed by atoms with Crippen molar-refractivity contribution in [1.82, 2.24) is 28.4 Å². The van der Waals surface area contributed by atoms with Crippen LogP contribution in [-0.2, 0) is 22.7 Å². The predicted octanol–water partition coefficient (Wildman–Crippen LogP) is 4.08. The number of benzene rings is 1. The number of hydrogen-bond donors (Lipinski definition) is 0. The Labute approximate surface area is 217 Å². The van der Waals surface area contributed by atoms with Gasteiger partial charge in [0.15, 0.2) is 0 Å². The second kappa shape index (κ2) is 8.51. The number of fused-ring (bicyclic) bond motifs is 1. The minimum Gasteiger partial charge on any atom is -0.345 e. The van der Waals surface area contributed by atoms with E-state index in [2.05, 4.69) is 19.6 Å². The molecule has 8 nitrogen and oxygen atoms in total. The third kappa shape index (κ3) is 3.45. The van der Waals surface area contributed by atoms with Crippen molar-refractivity contribution in [1.29, 1.82) is 0 Å². The van der Waals surface area contributed by atoms with Gasteiger partial charge in [0, 0.05) is 67.8 Å². The van der Waals surface area contributed by atoms with Gasteiger partial charge in [-0.25, -0.2) is 19.4 Å². The number of hydrogen-bond acceptors (Lipinski definition) is 5. The van der Waals surface area contributed by atoms with Gasteiger partial charge in [-0.05, 0) is 42.7 Å². The van der Waals surface area contributed by atoms with E-state index in [1.54, 1.807) is 22.9 Å². The predicted molar refractivity (Wildman–Crippen MR) is 137 cm³/mol. The number of imidazole rings is 1. The molecule has 0 aliphatic carbocycles. The van der Waals surface area contributed by atoms with Crippen molar-refractivity contribution in [2.24, 2.45) is 0 Å². The topological polar surface area (TPSA) is 66.1 Å². The van der Waals surface area contributed by atoms with E-state index in [4.69, 9.17) is 11.8 Å². The van der Waals surface area contributed by atoms with Crippen LogP contribution in [-0.4, -0.2) is 59.8 Å². The molecule has 3 aliphatic heterocycles. The molecule has 2 amide bonds. The van der Waals surface area contributed by atoms with Crippen molar-refractivity contribution in [2.45, 2.75) is 32.4 Å². The molecule has 1 saturated heterocycles. The van der Waals surface area contributed by atoms with Gasteiger partial charge in [-0.3, -0.25) is 14.0 Å². The summed E-state index contributed by atoms with van der Waals surface area (Å²) in [6, 6.07) is 8.53. The van der Waals surface area contributed by atoms with E-state index in [-0.39, 0.29) is 17.0 Å². The maximum Gasteiger partial charge on any atom is 0.278 e. The van der Waals surface area contributed by atoms with Crippen LogP contribution in [0.4, 0.5) is 4.39 Å². The van der Waals surface area contributed by atoms with Gasteiger partial charge >= 0.3 is 0 Å². The summed E-state index contributed by atoms with van der Waals surface area (Å²) < 4.78 is 19.5. The van der Waals surface area contributed by atoms with Crippen LogP contribution in [0.5, 0.6) is 0 Å². The third-order valence-electron chi connectivity index (χ3n) is 7.68. The van der Waals surface area contributed by atoms with E-state index in [0.717, 1.165) is 43.6 Å². The highest BCUT2D eigenvalue weighted by Crippen LogP contribution is 2.41. The average Bonchev–Trinajstić information content (AvgIpc) is 3.51. The molecule has 1 fully saturated rings. The average molecular weight is 519 g/mol. The van der Waals surface area contributed by atoms with Crippen LogP contribution in [0.2, 0.25) is 0 Å². The van der Waals surface area contributed by atoms with Crippen molar-refractivity contribution < 1.29 is 14.0 Å². The number of halogens is 2. The van der Waals surface area contributed by atoms with E-state index in [9.17, 15) is 9.59 Å². The number of hydrazine groups is 1. The second-order valence-corrected chi connectivity index (χ2v) is 10.2. The summed E-state index contributed by atoms with van der Waals surface area (Å²) in [5, 5.41) is 5.29. The number of carbonyl (C=O) groups is 2. The zero-order chi connectivity index (χ0) is 25.3. The Morgan fingerprint density at radius 3 is 2.57 bits per heavy atom. The van der Waals surface area contributed by atoms with Crippen LogP contribution >= 0.6 is 11.8 Å². The maximum absolute atomic E-state index is 15.1. The van der Waals surface area contributed by atoms with Gasteiger partial charge in [-0.15, -0.1) is 0 Å². The first-order valence-electron chi connectivity index (χ1n) is 12.5. The number of pyridine rings is 1. The molecule has 188 valence electrons. The molecular formula is C27H24ClFN6O2. The molecule has 0 N–H and O–H groups in total. The summed E-state index contributed by atoms with van der Waals surface area (Å²) in [6.45, 7) is 4.06. The Hall–Kier alpha value is -3.53. The maximum atomic E-state index is 15.1. The lowest BCUT2D eigenvalue weighted by Crippen LogP contribution is -2.45. The van der Waals surface area contributed by atoms with Crippen molar-refractivity contribution in [3.63, 3.8) is 0 Å². The van der Waals surface area contributed by atoms with E-state index in [1.165, 1.54) is 12.5 Å². The molecular weight excluding hydrogens is 495 g/mol. The molecule has 7 rings (SSSR count). The van der Waals surface area contributed by atoms with Crippen LogP contribution in [0, 0.1) is 5.82 Å². The SMILES string of the molecule is O=C1C(c2cn3c4c(cc(F)cc24)CN(N2CCCCC2)CC3)=C(c2cnc3ccccn23)C(=O)N1Cl. The standard InChI is InChI=1S/C27H24ClFN6O2/c28-35-26(36)23(24(27(35)37)21-14-30-22-6-2-5-9-34(21)22)20-16-31-10-11-33(32-7-3-1-4-8-32)15-17-12-18(29)13-19(20)25(17)31/h2,5-6,9,12-14,16H,1,3-4,7-8,10-11,15H2. The summed E-state index contributed by atoms with van der Waals surface area (Å²) in [4.78, 5) is 31.0. The molecule has 6 heterocycles. The van der Waals surface area contributed by atoms with E-state index in [0.29, 0.717) is 39.8 Å². The summed E-state index contributed by atoms with van der Waals surface area (Å²) >= 11 is 6.19. The van der Waals surface area contributed by atoms with Gasteiger partial charge in [-0.2, -0.15) is 4.42 Å². The Kier molecular flexibility index (Phi) is 5.21. The molecule has 4 aromatic rings. The van der Waals surface area contributed by atoms with Gasteiger partial charge in [0.1, 0.15) is 11.5 Å². The molecule has 1 aromatic carbocycles. The Balaban J connectivity index is 1.42. The number of amides is 2. The summed E-state index contributed by atoms with van der Waals surface area (Å²) in [5.74, 6) is -1.61. The lowest BCUT2D eigenvalue weighted by molar-refractivity contribution is -0.130. The zero-order valence-electron chi connectivity index (χ0n) is 20.0. The smallest absolute Gasteiger partial charge is 0.278 e. The van der Waals surface area contributed by atoms with E-state index in [1.807, 2.05) is 24.4 Å². The molecule has 0 spiro atoms. The summed E-state index contributed by atoms with van der Waals surface area (Å²) in [5.41, 5.74) is 3.68. The van der Waals surface area contributed by atoms with Crippen molar-refractivity contribution in [2.75, 3.05) is 19.6 Å². The normalized spacial score (nSPS) is 19.6. The first kappa shape index (κ1) is 22.7. The first-order chi connectivity index (χ1) is 18.0. The molecule has 0 radical (unpaired) electrons. The Morgan fingerprint density at radius 2 is 1.73 bits per heavy atom. The van der Waals surface area contributed by atoms with Crippen molar-refractivity contribution in [3.8, 4) is 0 Å². The Bertz CT molecular complexity index is 1630. The van der Waals surface area contributed by atoms with Gasteiger partial charge in [-0.1, -0.05) is 12.5 Å². The number of rotatable bonds is 3. The second-order valence-electron chi connectivity index (χ2n) is 9.81. The lowest BCUT2D eigenvalue weighted by Gasteiger charge is -2.36. The highest BCUT2D eigenvalue weighted by Gasteiger charge is 2.42. The first-order valence-corrected chi connectivity index (χ1v) is 12.9. The largest absolute Gasteiger partial charge is 0.345 e. The van der Waals surface area contributed by atoms with Gasteiger partial charge in [0.2, 0.25) is 0 Å². The third-order valence-corrected chi connectivity index (χ3v) is 7.98. The van der Waals surface area contributed by atoms with Crippen LogP contribution in [0.15, 0.2) is 48.9 Å². The monoisotopic (exact) mass is 518 g/mol. The highest BCUT2D eigenvalue weighted by molar-refractivity contribution is 6.57. The van der Waals surface area contributed by atoms with Gasteiger partial charge < -0.3 is 4.57 Å². The minimum absolute atomic E-state index is 0.163. The van der Waals surface area contributed by atoms with Crippen LogP contribution < -0.4 is 0 Å². The van der Waals surface area contributed by atoms with Gasteiger partial charge in [0.05, 0.1) is 28.6 Å². The van der Waals surface area contributed by atoms with Crippen LogP contribution in [0.25, 0.3) is 27.7 Å². The van der Waals surface area contributed by atoms with Crippen molar-refractivity contribution in [3.05, 3.63) is 71.6 Å². The molecule has 0 saturated carbocycles. The molecule has 0 atom stereocenters. The molecule has 10 heteroatoms. The molecule has 37 heavy (non-hydrogen) atoms. The number of nitrogens with zero attached hydrogens (tertiary/aromatic N) is 6. The van der Waals surface area contributed by atoms with E-state index < -0.39 is 11.8 Å². The number of imide groups is 1. The fraction of sp³-hybridized carbons (Fsp3) is 0.296. The highest BCUT2D eigenvalue weighted by atomic mass is 35.5. The number of aromatic nitrogens is 3. The summed E-state index contributed by atoms with van der Waals surface area (Å²) in [6.07, 6.45) is 8.79. The van der Waals surface area contributed by atoms with Gasteiger partial charge in [0.25, 0.3) is 11.8 Å². The quantitative estimate of drug-likeness (QED) is 0.302. The minimum atomic E-state index is -0.621. The zero-order valence-corrected chi connectivity index (χ0v) is 20.8. The molecule has 0 unspecified atom stereocenters. The number of piperidine rings is 1. The Morgan fingerprint density at radius 1 is 0.919 bits per heavy atom. The van der Waals surface area contributed by atoms with E-state index >= 15 is 4.39 Å². The van der Waals surface area contributed by atoms with Crippen LogP contribution in [0.1, 0.15) is 36.1 Å². The molecule has 3 aliphatic rings. The molecule has 3 aromatic heterocycles. The van der Waals surface area contributed by atoms with Crippen LogP contribution in [0.3, 0.4) is 0 Å². The summed E-state index contributed by atoms with van der Waals surface area (Å²) in [7, 11) is 0. The fourth-order valence-electron chi connectivity index (χ4n) is 5.99. The molecule has 0 bridgehead atoms. The lowest BCUT2D eigenvalue weighted by atomic mass is 9.98. The fourth-order valence-corrected chi connectivity index (χ4v) is 6.16. The number of carbonyl (C=O) groups excluding carboxylic acids is 2. The van der Waals surface area contributed by atoms with Crippen molar-refractivity contribution >= 4 is 51.3 Å².